The molecule has 0 saturated carbocycles. The molecule has 2 heterocycles. The standard InChI is InChI=1S/C32H26ClN3O2/c1-19-11-13-21(14-12-19)29-28(26-9-5-6-10-27(26)35-29)30-24-7-3-4-8-25(24)32(38)36(30)20(2)31(37)34-23-17-15-22(33)16-18-23/h3-18,20,30,35H,1-2H3,(H,34,37). The van der Waals surface area contributed by atoms with Crippen molar-refractivity contribution in [3.63, 3.8) is 0 Å². The maximum Gasteiger partial charge on any atom is 0.255 e. The van der Waals surface area contributed by atoms with E-state index in [1.807, 2.05) is 42.5 Å². The second-order valence-electron chi connectivity index (χ2n) is 9.70. The van der Waals surface area contributed by atoms with Crippen LogP contribution in [0.25, 0.3) is 22.2 Å². The first-order chi connectivity index (χ1) is 18.4. The molecule has 6 heteroatoms. The Hall–Kier alpha value is -4.35. The van der Waals surface area contributed by atoms with Crippen LogP contribution in [-0.4, -0.2) is 27.7 Å². The van der Waals surface area contributed by atoms with E-state index < -0.39 is 12.1 Å². The molecule has 0 fully saturated rings. The van der Waals surface area contributed by atoms with E-state index in [9.17, 15) is 9.59 Å². The van der Waals surface area contributed by atoms with Crippen LogP contribution in [0.15, 0.2) is 97.1 Å². The van der Waals surface area contributed by atoms with E-state index in [0.717, 1.165) is 33.3 Å². The van der Waals surface area contributed by atoms with Gasteiger partial charge in [0, 0.05) is 32.7 Å². The van der Waals surface area contributed by atoms with Gasteiger partial charge in [-0.15, -0.1) is 0 Å². The van der Waals surface area contributed by atoms with Crippen LogP contribution in [0.2, 0.25) is 5.02 Å². The van der Waals surface area contributed by atoms with Gasteiger partial charge in [0.1, 0.15) is 6.04 Å². The number of hydrogen-bond acceptors (Lipinski definition) is 2. The maximum absolute atomic E-state index is 13.9. The van der Waals surface area contributed by atoms with Crippen LogP contribution >= 0.6 is 11.6 Å². The average molecular weight is 520 g/mol. The van der Waals surface area contributed by atoms with Gasteiger partial charge in [0.25, 0.3) is 5.91 Å². The number of nitrogens with zero attached hydrogens (tertiary/aromatic N) is 1. The molecular weight excluding hydrogens is 494 g/mol. The van der Waals surface area contributed by atoms with Crippen LogP contribution < -0.4 is 5.32 Å². The predicted octanol–water partition coefficient (Wildman–Crippen LogP) is 7.37. The number of fused-ring (bicyclic) bond motifs is 2. The Labute approximate surface area is 226 Å². The van der Waals surface area contributed by atoms with Crippen molar-refractivity contribution >= 4 is 40.0 Å². The Balaban J connectivity index is 1.50. The minimum absolute atomic E-state index is 0.163. The highest BCUT2D eigenvalue weighted by molar-refractivity contribution is 6.30. The van der Waals surface area contributed by atoms with Crippen molar-refractivity contribution < 1.29 is 9.59 Å². The molecule has 2 amide bonds. The first-order valence-corrected chi connectivity index (χ1v) is 13.0. The first kappa shape index (κ1) is 24.0. The number of nitrogens with one attached hydrogen (secondary N) is 2. The topological polar surface area (TPSA) is 65.2 Å². The Morgan fingerprint density at radius 3 is 2.37 bits per heavy atom. The second-order valence-corrected chi connectivity index (χ2v) is 10.1. The van der Waals surface area contributed by atoms with Crippen LogP contribution in [0.4, 0.5) is 5.69 Å². The van der Waals surface area contributed by atoms with E-state index in [1.165, 1.54) is 5.56 Å². The summed E-state index contributed by atoms with van der Waals surface area (Å²) < 4.78 is 0. The number of H-pyrrole nitrogens is 1. The molecule has 5 aromatic rings. The highest BCUT2D eigenvalue weighted by Gasteiger charge is 2.44. The summed E-state index contributed by atoms with van der Waals surface area (Å²) in [5.74, 6) is -0.431. The fraction of sp³-hybridized carbons (Fsp3) is 0.125. The van der Waals surface area contributed by atoms with Gasteiger partial charge in [-0.25, -0.2) is 0 Å². The third-order valence-corrected chi connectivity index (χ3v) is 7.52. The minimum Gasteiger partial charge on any atom is -0.354 e. The number of hydrogen-bond donors (Lipinski definition) is 2. The average Bonchev–Trinajstić information content (AvgIpc) is 3.45. The molecule has 1 aliphatic rings. The third kappa shape index (κ3) is 4.05. The zero-order chi connectivity index (χ0) is 26.4. The number of aryl methyl sites for hydroxylation is 1. The number of anilines is 1. The van der Waals surface area contributed by atoms with E-state index in [2.05, 4.69) is 47.6 Å². The van der Waals surface area contributed by atoms with Gasteiger partial charge in [-0.2, -0.15) is 0 Å². The van der Waals surface area contributed by atoms with Crippen LogP contribution in [0.1, 0.15) is 40.0 Å². The number of amides is 2. The third-order valence-electron chi connectivity index (χ3n) is 7.27. The van der Waals surface area contributed by atoms with Crippen LogP contribution in [-0.2, 0) is 4.79 Å². The molecule has 2 atom stereocenters. The summed E-state index contributed by atoms with van der Waals surface area (Å²) in [4.78, 5) is 32.7. The molecule has 4 aromatic carbocycles. The van der Waals surface area contributed by atoms with Crippen LogP contribution in [0.5, 0.6) is 0 Å². The molecular formula is C32H26ClN3O2. The van der Waals surface area contributed by atoms with Crippen LogP contribution in [0, 0.1) is 6.92 Å². The zero-order valence-electron chi connectivity index (χ0n) is 21.0. The normalized spacial score (nSPS) is 15.5. The van der Waals surface area contributed by atoms with Gasteiger partial charge in [-0.05, 0) is 61.4 Å². The molecule has 0 aliphatic carbocycles. The monoisotopic (exact) mass is 519 g/mol. The molecule has 2 unspecified atom stereocenters. The number of carbonyl (C=O) groups is 2. The summed E-state index contributed by atoms with van der Waals surface area (Å²) in [6.45, 7) is 3.84. The van der Waals surface area contributed by atoms with Crippen molar-refractivity contribution in [3.05, 3.63) is 124 Å². The van der Waals surface area contributed by atoms with Crippen molar-refractivity contribution in [3.8, 4) is 11.3 Å². The molecule has 0 spiro atoms. The van der Waals surface area contributed by atoms with Crippen molar-refractivity contribution in [2.45, 2.75) is 25.9 Å². The van der Waals surface area contributed by atoms with E-state index in [1.54, 1.807) is 36.1 Å². The number of aromatic nitrogens is 1. The molecule has 0 radical (unpaired) electrons. The number of carbonyl (C=O) groups excluding carboxylic acids is 2. The number of benzene rings is 4. The van der Waals surface area contributed by atoms with Crippen molar-refractivity contribution in [1.29, 1.82) is 0 Å². The summed E-state index contributed by atoms with van der Waals surface area (Å²) in [6, 6.07) is 29.9. The predicted molar refractivity (Wildman–Crippen MR) is 152 cm³/mol. The Kier molecular flexibility index (Phi) is 6.01. The van der Waals surface area contributed by atoms with E-state index in [4.69, 9.17) is 11.6 Å². The highest BCUT2D eigenvalue weighted by atomic mass is 35.5. The summed E-state index contributed by atoms with van der Waals surface area (Å²) >= 11 is 6.01. The van der Waals surface area contributed by atoms with E-state index in [0.29, 0.717) is 16.3 Å². The number of aromatic amines is 1. The summed E-state index contributed by atoms with van der Waals surface area (Å²) in [7, 11) is 0. The Morgan fingerprint density at radius 1 is 0.921 bits per heavy atom. The molecule has 1 aromatic heterocycles. The number of halogens is 1. The van der Waals surface area contributed by atoms with Gasteiger partial charge in [-0.1, -0.05) is 77.8 Å². The van der Waals surface area contributed by atoms with E-state index >= 15 is 0 Å². The largest absolute Gasteiger partial charge is 0.354 e. The second kappa shape index (κ2) is 9.51. The molecule has 2 N–H and O–H groups in total. The van der Waals surface area contributed by atoms with Crippen molar-refractivity contribution in [2.24, 2.45) is 0 Å². The molecule has 0 bridgehead atoms. The van der Waals surface area contributed by atoms with Crippen molar-refractivity contribution in [1.82, 2.24) is 9.88 Å². The molecule has 6 rings (SSSR count). The summed E-state index contributed by atoms with van der Waals surface area (Å²) in [6.07, 6.45) is 0. The van der Waals surface area contributed by atoms with Gasteiger partial charge in [0.15, 0.2) is 0 Å². The lowest BCUT2D eigenvalue weighted by Crippen LogP contribution is -2.44. The van der Waals surface area contributed by atoms with Gasteiger partial charge in [0.05, 0.1) is 11.7 Å². The van der Waals surface area contributed by atoms with Crippen LogP contribution in [0.3, 0.4) is 0 Å². The molecule has 188 valence electrons. The summed E-state index contributed by atoms with van der Waals surface area (Å²) in [5.41, 5.74) is 7.22. The first-order valence-electron chi connectivity index (χ1n) is 12.6. The minimum atomic E-state index is -0.741. The maximum atomic E-state index is 13.9. The lowest BCUT2D eigenvalue weighted by atomic mass is 9.92. The van der Waals surface area contributed by atoms with Gasteiger partial charge < -0.3 is 15.2 Å². The molecule has 0 saturated heterocycles. The van der Waals surface area contributed by atoms with Gasteiger partial charge in [-0.3, -0.25) is 9.59 Å². The van der Waals surface area contributed by atoms with Gasteiger partial charge in [0.2, 0.25) is 5.91 Å². The van der Waals surface area contributed by atoms with E-state index in [-0.39, 0.29) is 11.8 Å². The number of para-hydroxylation sites is 1. The van der Waals surface area contributed by atoms with Crippen molar-refractivity contribution in [2.75, 3.05) is 5.32 Å². The summed E-state index contributed by atoms with van der Waals surface area (Å²) in [5, 5.41) is 4.56. The fourth-order valence-electron chi connectivity index (χ4n) is 5.33. The fourth-order valence-corrected chi connectivity index (χ4v) is 5.46. The smallest absolute Gasteiger partial charge is 0.255 e. The molecule has 1 aliphatic heterocycles. The lowest BCUT2D eigenvalue weighted by molar-refractivity contribution is -0.120. The number of rotatable bonds is 5. The SMILES string of the molecule is Cc1ccc(-c2[nH]c3ccccc3c2C2c3ccccc3C(=O)N2C(C)C(=O)Nc2ccc(Cl)cc2)cc1. The lowest BCUT2D eigenvalue weighted by Gasteiger charge is -2.31. The highest BCUT2D eigenvalue weighted by Crippen LogP contribution is 2.46. The zero-order valence-corrected chi connectivity index (χ0v) is 21.8. The molecule has 38 heavy (non-hydrogen) atoms. The molecule has 5 nitrogen and oxygen atoms in total. The quantitative estimate of drug-likeness (QED) is 0.254. The Morgan fingerprint density at radius 2 is 1.61 bits per heavy atom. The van der Waals surface area contributed by atoms with Gasteiger partial charge >= 0.3 is 0 Å². The Bertz CT molecular complexity index is 1670.